The van der Waals surface area contributed by atoms with E-state index < -0.39 is 23.7 Å². The Morgan fingerprint density at radius 2 is 1.90 bits per heavy atom. The fourth-order valence-electron chi connectivity index (χ4n) is 1.47. The summed E-state index contributed by atoms with van der Waals surface area (Å²) in [6.07, 6.45) is 0.612. The molecule has 1 aromatic rings. The highest BCUT2D eigenvalue weighted by atomic mass is 16.6. The zero-order chi connectivity index (χ0) is 15.9. The van der Waals surface area contributed by atoms with Crippen LogP contribution >= 0.6 is 0 Å². The minimum atomic E-state index is -0.941. The maximum Gasteiger partial charge on any atom is 0.408 e. The molecule has 5 heteroatoms. The van der Waals surface area contributed by atoms with Gasteiger partial charge in [0.1, 0.15) is 18.2 Å². The molecule has 0 aliphatic carbocycles. The van der Waals surface area contributed by atoms with Crippen LogP contribution in [-0.4, -0.2) is 23.7 Å². The Hall–Kier alpha value is -2.30. The van der Waals surface area contributed by atoms with Crippen molar-refractivity contribution < 1.29 is 19.1 Å². The van der Waals surface area contributed by atoms with Crippen LogP contribution in [0.2, 0.25) is 0 Å². The highest BCUT2D eigenvalue weighted by Crippen LogP contribution is 2.07. The number of esters is 1. The van der Waals surface area contributed by atoms with E-state index in [0.717, 1.165) is 5.56 Å². The van der Waals surface area contributed by atoms with E-state index in [1.165, 1.54) is 6.08 Å². The van der Waals surface area contributed by atoms with Crippen LogP contribution in [0.25, 0.3) is 0 Å². The summed E-state index contributed by atoms with van der Waals surface area (Å²) in [6.45, 7) is 8.87. The smallest absolute Gasteiger partial charge is 0.408 e. The molecule has 0 saturated heterocycles. The number of carbonyl (C=O) groups excluding carboxylic acids is 2. The van der Waals surface area contributed by atoms with Gasteiger partial charge < -0.3 is 14.8 Å². The second-order valence-electron chi connectivity index (χ2n) is 5.45. The molecule has 0 aliphatic rings. The van der Waals surface area contributed by atoms with Gasteiger partial charge >= 0.3 is 12.1 Å². The molecule has 114 valence electrons. The molecule has 1 N–H and O–H groups in total. The molecule has 0 aromatic heterocycles. The van der Waals surface area contributed by atoms with Gasteiger partial charge in [-0.3, -0.25) is 0 Å². The van der Waals surface area contributed by atoms with Crippen LogP contribution in [0.1, 0.15) is 26.3 Å². The number of amides is 1. The molecular weight excluding hydrogens is 270 g/mol. The van der Waals surface area contributed by atoms with Crippen molar-refractivity contribution in [3.8, 4) is 0 Å². The van der Waals surface area contributed by atoms with Gasteiger partial charge in [0.25, 0.3) is 0 Å². The van der Waals surface area contributed by atoms with Crippen molar-refractivity contribution in [2.24, 2.45) is 0 Å². The summed E-state index contributed by atoms with van der Waals surface area (Å²) in [5.41, 5.74) is 0.231. The first-order chi connectivity index (χ1) is 9.81. The highest BCUT2D eigenvalue weighted by Gasteiger charge is 2.23. The summed E-state index contributed by atoms with van der Waals surface area (Å²) < 4.78 is 10.2. The minimum absolute atomic E-state index is 0.139. The summed E-state index contributed by atoms with van der Waals surface area (Å²) >= 11 is 0. The number of rotatable bonds is 5. The van der Waals surface area contributed by atoms with E-state index >= 15 is 0 Å². The lowest BCUT2D eigenvalue weighted by molar-refractivity contribution is -0.146. The molecule has 0 unspecified atom stereocenters. The van der Waals surface area contributed by atoms with Gasteiger partial charge in [-0.05, 0) is 26.3 Å². The first-order valence-corrected chi connectivity index (χ1v) is 6.64. The molecule has 1 rings (SSSR count). The maximum absolute atomic E-state index is 11.9. The monoisotopic (exact) mass is 291 g/mol. The van der Waals surface area contributed by atoms with E-state index in [-0.39, 0.29) is 6.61 Å². The van der Waals surface area contributed by atoms with Gasteiger partial charge in [0, 0.05) is 0 Å². The summed E-state index contributed by atoms with van der Waals surface area (Å²) in [6, 6.07) is 8.33. The van der Waals surface area contributed by atoms with Gasteiger partial charge in [-0.15, -0.1) is 6.58 Å². The van der Waals surface area contributed by atoms with Crippen LogP contribution in [0.5, 0.6) is 0 Å². The van der Waals surface area contributed by atoms with Gasteiger partial charge in [0.15, 0.2) is 0 Å². The number of nitrogens with one attached hydrogen (secondary N) is 1. The predicted octanol–water partition coefficient (Wildman–Crippen LogP) is 2.81. The second-order valence-corrected chi connectivity index (χ2v) is 5.45. The van der Waals surface area contributed by atoms with Crippen molar-refractivity contribution in [1.29, 1.82) is 0 Å². The van der Waals surface area contributed by atoms with Crippen molar-refractivity contribution in [2.45, 2.75) is 39.0 Å². The molecule has 0 aliphatic heterocycles. The van der Waals surface area contributed by atoms with Crippen LogP contribution in [0, 0.1) is 0 Å². The number of hydrogen-bond acceptors (Lipinski definition) is 4. The third kappa shape index (κ3) is 6.61. The van der Waals surface area contributed by atoms with Crippen molar-refractivity contribution in [1.82, 2.24) is 5.32 Å². The van der Waals surface area contributed by atoms with Crippen molar-refractivity contribution in [2.75, 3.05) is 0 Å². The third-order valence-electron chi connectivity index (χ3n) is 2.39. The standard InChI is InChI=1S/C16H21NO4/c1-5-13(17-15(19)21-16(2,3)4)14(18)20-11-12-9-7-6-8-10-12/h5-10,13H,1,11H2,2-4H3,(H,17,19)/t13-/m1/s1. The van der Waals surface area contributed by atoms with E-state index in [9.17, 15) is 9.59 Å². The van der Waals surface area contributed by atoms with E-state index in [4.69, 9.17) is 9.47 Å². The van der Waals surface area contributed by atoms with Crippen molar-refractivity contribution in [3.63, 3.8) is 0 Å². The van der Waals surface area contributed by atoms with Crippen LogP contribution in [0.3, 0.4) is 0 Å². The summed E-state index contributed by atoms with van der Waals surface area (Å²) in [7, 11) is 0. The van der Waals surface area contributed by atoms with Crippen LogP contribution < -0.4 is 5.32 Å². The molecule has 1 atom stereocenters. The van der Waals surface area contributed by atoms with Crippen LogP contribution in [0.15, 0.2) is 43.0 Å². The number of ether oxygens (including phenoxy) is 2. The summed E-state index contributed by atoms with van der Waals surface area (Å²) in [5.74, 6) is -0.584. The van der Waals surface area contributed by atoms with E-state index in [2.05, 4.69) is 11.9 Å². The average molecular weight is 291 g/mol. The van der Waals surface area contributed by atoms with Gasteiger partial charge in [-0.1, -0.05) is 36.4 Å². The Morgan fingerprint density at radius 3 is 2.43 bits per heavy atom. The highest BCUT2D eigenvalue weighted by molar-refractivity contribution is 5.83. The lowest BCUT2D eigenvalue weighted by atomic mass is 10.2. The Kier molecular flexibility index (Phi) is 5.96. The zero-order valence-electron chi connectivity index (χ0n) is 12.6. The molecule has 1 aromatic carbocycles. The third-order valence-corrected chi connectivity index (χ3v) is 2.39. The first-order valence-electron chi connectivity index (χ1n) is 6.64. The maximum atomic E-state index is 11.9. The lowest BCUT2D eigenvalue weighted by Gasteiger charge is -2.21. The average Bonchev–Trinajstić information content (AvgIpc) is 2.41. The Morgan fingerprint density at radius 1 is 1.29 bits per heavy atom. The van der Waals surface area contributed by atoms with E-state index in [1.54, 1.807) is 20.8 Å². The second kappa shape index (κ2) is 7.47. The number of carbonyl (C=O) groups is 2. The molecule has 0 bridgehead atoms. The summed E-state index contributed by atoms with van der Waals surface area (Å²) in [4.78, 5) is 23.5. The van der Waals surface area contributed by atoms with E-state index in [1.807, 2.05) is 30.3 Å². The molecule has 1 amide bonds. The topological polar surface area (TPSA) is 64.6 Å². The van der Waals surface area contributed by atoms with Gasteiger partial charge in [-0.25, -0.2) is 9.59 Å². The van der Waals surface area contributed by atoms with Crippen LogP contribution in [-0.2, 0) is 20.9 Å². The Bertz CT molecular complexity index is 491. The lowest BCUT2D eigenvalue weighted by Crippen LogP contribution is -2.43. The largest absolute Gasteiger partial charge is 0.459 e. The molecule has 0 radical (unpaired) electrons. The van der Waals surface area contributed by atoms with E-state index in [0.29, 0.717) is 0 Å². The molecule has 0 fully saturated rings. The van der Waals surface area contributed by atoms with Crippen molar-refractivity contribution in [3.05, 3.63) is 48.6 Å². The SMILES string of the molecule is C=C[C@@H](NC(=O)OC(C)(C)C)C(=O)OCc1ccccc1. The minimum Gasteiger partial charge on any atom is -0.459 e. The number of hydrogen-bond donors (Lipinski definition) is 1. The molecule has 0 spiro atoms. The molecule has 0 heterocycles. The predicted molar refractivity (Wildman–Crippen MR) is 79.6 cm³/mol. The van der Waals surface area contributed by atoms with Crippen LogP contribution in [0.4, 0.5) is 4.79 Å². The first kappa shape index (κ1) is 16.8. The van der Waals surface area contributed by atoms with Gasteiger partial charge in [-0.2, -0.15) is 0 Å². The zero-order valence-corrected chi connectivity index (χ0v) is 12.6. The summed E-state index contributed by atoms with van der Waals surface area (Å²) in [5, 5.41) is 2.41. The van der Waals surface area contributed by atoms with Gasteiger partial charge in [0.2, 0.25) is 0 Å². The molecule has 5 nitrogen and oxygen atoms in total. The quantitative estimate of drug-likeness (QED) is 0.669. The molecule has 0 saturated carbocycles. The molecular formula is C16H21NO4. The molecule has 21 heavy (non-hydrogen) atoms. The Labute approximate surface area is 124 Å². The fraction of sp³-hybridized carbons (Fsp3) is 0.375. The Balaban J connectivity index is 2.50. The fourth-order valence-corrected chi connectivity index (χ4v) is 1.47. The number of alkyl carbamates (subject to hydrolysis) is 1. The number of benzene rings is 1. The van der Waals surface area contributed by atoms with Gasteiger partial charge in [0.05, 0.1) is 0 Å². The normalized spacial score (nSPS) is 12.1. The van der Waals surface area contributed by atoms with Crippen molar-refractivity contribution >= 4 is 12.1 Å².